The molecule has 24 heavy (non-hydrogen) atoms. The zero-order valence-corrected chi connectivity index (χ0v) is 14.2. The Hall–Kier alpha value is -2.20. The lowest BCUT2D eigenvalue weighted by molar-refractivity contribution is 0.166. The molecule has 2 atom stereocenters. The second-order valence-electron chi connectivity index (χ2n) is 7.23. The van der Waals surface area contributed by atoms with Gasteiger partial charge in [-0.25, -0.2) is 9.97 Å². The second kappa shape index (κ2) is 5.15. The van der Waals surface area contributed by atoms with Crippen LogP contribution in [0.2, 0.25) is 0 Å². The van der Waals surface area contributed by atoms with Crippen molar-refractivity contribution in [1.29, 1.82) is 0 Å². The molecule has 0 saturated carbocycles. The molecule has 2 aliphatic rings. The van der Waals surface area contributed by atoms with Gasteiger partial charge in [0, 0.05) is 61.0 Å². The van der Waals surface area contributed by atoms with Crippen molar-refractivity contribution >= 4 is 10.9 Å². The van der Waals surface area contributed by atoms with Crippen molar-refractivity contribution in [3.05, 3.63) is 59.3 Å². The van der Waals surface area contributed by atoms with Gasteiger partial charge in [0.1, 0.15) is 5.82 Å². The van der Waals surface area contributed by atoms with Crippen molar-refractivity contribution < 1.29 is 0 Å². The van der Waals surface area contributed by atoms with Crippen LogP contribution in [-0.4, -0.2) is 25.5 Å². The number of rotatable bonds is 2. The van der Waals surface area contributed by atoms with Crippen molar-refractivity contribution in [2.45, 2.75) is 44.8 Å². The van der Waals surface area contributed by atoms with Crippen LogP contribution >= 0.6 is 0 Å². The van der Waals surface area contributed by atoms with Gasteiger partial charge in [-0.05, 0) is 31.4 Å². The van der Waals surface area contributed by atoms with E-state index in [2.05, 4.69) is 58.2 Å². The SMILES string of the molecule is Cc1ncc2c(n1)C[C@H]1CC[C@@H]2N1Cc1cn(C)c2ccccc12. The van der Waals surface area contributed by atoms with Gasteiger partial charge in [0.05, 0.1) is 5.69 Å². The number of nitrogens with zero attached hydrogens (tertiary/aromatic N) is 4. The maximum atomic E-state index is 4.71. The van der Waals surface area contributed by atoms with E-state index in [1.165, 1.54) is 40.6 Å². The van der Waals surface area contributed by atoms with Crippen LogP contribution in [0.1, 0.15) is 41.5 Å². The molecule has 0 aliphatic carbocycles. The van der Waals surface area contributed by atoms with Gasteiger partial charge in [-0.2, -0.15) is 0 Å². The molecule has 2 aliphatic heterocycles. The molecule has 4 nitrogen and oxygen atoms in total. The fourth-order valence-electron chi connectivity index (χ4n) is 4.67. The highest BCUT2D eigenvalue weighted by molar-refractivity contribution is 5.83. The van der Waals surface area contributed by atoms with Gasteiger partial charge in [0.2, 0.25) is 0 Å². The molecule has 2 aromatic heterocycles. The van der Waals surface area contributed by atoms with Gasteiger partial charge in [0.15, 0.2) is 0 Å². The number of hydrogen-bond acceptors (Lipinski definition) is 3. The second-order valence-corrected chi connectivity index (χ2v) is 7.23. The molecule has 5 rings (SSSR count). The minimum atomic E-state index is 0.485. The molecule has 1 aromatic carbocycles. The number of benzene rings is 1. The molecule has 1 saturated heterocycles. The molecule has 0 radical (unpaired) electrons. The van der Waals surface area contributed by atoms with Crippen LogP contribution in [0.5, 0.6) is 0 Å². The minimum absolute atomic E-state index is 0.485. The average Bonchev–Trinajstić information content (AvgIpc) is 3.04. The first-order valence-electron chi connectivity index (χ1n) is 8.82. The topological polar surface area (TPSA) is 34.0 Å². The number of fused-ring (bicyclic) bond motifs is 5. The van der Waals surface area contributed by atoms with Crippen LogP contribution in [0, 0.1) is 6.92 Å². The zero-order valence-electron chi connectivity index (χ0n) is 14.2. The highest BCUT2D eigenvalue weighted by Crippen LogP contribution is 2.44. The van der Waals surface area contributed by atoms with E-state index in [0.717, 1.165) is 18.8 Å². The molecule has 0 spiro atoms. The minimum Gasteiger partial charge on any atom is -0.350 e. The van der Waals surface area contributed by atoms with Gasteiger partial charge >= 0.3 is 0 Å². The van der Waals surface area contributed by atoms with Gasteiger partial charge in [-0.15, -0.1) is 0 Å². The molecule has 0 unspecified atom stereocenters. The lowest BCUT2D eigenvalue weighted by Crippen LogP contribution is -2.37. The van der Waals surface area contributed by atoms with E-state index in [1.54, 1.807) is 0 Å². The summed E-state index contributed by atoms with van der Waals surface area (Å²) in [5, 5.41) is 1.38. The fourth-order valence-corrected chi connectivity index (χ4v) is 4.67. The Balaban J connectivity index is 1.53. The van der Waals surface area contributed by atoms with Crippen molar-refractivity contribution in [2.24, 2.45) is 7.05 Å². The van der Waals surface area contributed by atoms with Crippen molar-refractivity contribution in [3.8, 4) is 0 Å². The third-order valence-electron chi connectivity index (χ3n) is 5.78. The summed E-state index contributed by atoms with van der Waals surface area (Å²) in [7, 11) is 2.14. The van der Waals surface area contributed by atoms with E-state index in [0.29, 0.717) is 12.1 Å². The molecule has 0 N–H and O–H groups in total. The Morgan fingerprint density at radius 2 is 2.08 bits per heavy atom. The summed E-state index contributed by atoms with van der Waals surface area (Å²) in [6.07, 6.45) is 7.94. The van der Waals surface area contributed by atoms with Crippen LogP contribution in [0.3, 0.4) is 0 Å². The van der Waals surface area contributed by atoms with Gasteiger partial charge in [-0.1, -0.05) is 18.2 Å². The number of para-hydroxylation sites is 1. The third kappa shape index (κ3) is 2.02. The van der Waals surface area contributed by atoms with E-state index >= 15 is 0 Å². The van der Waals surface area contributed by atoms with Crippen molar-refractivity contribution in [2.75, 3.05) is 0 Å². The third-order valence-corrected chi connectivity index (χ3v) is 5.78. The maximum Gasteiger partial charge on any atom is 0.125 e. The van der Waals surface area contributed by atoms with Crippen molar-refractivity contribution in [1.82, 2.24) is 19.4 Å². The van der Waals surface area contributed by atoms with E-state index in [4.69, 9.17) is 4.98 Å². The van der Waals surface area contributed by atoms with Crippen LogP contribution in [0.15, 0.2) is 36.7 Å². The van der Waals surface area contributed by atoms with Gasteiger partial charge < -0.3 is 4.57 Å². The lowest BCUT2D eigenvalue weighted by atomic mass is 9.98. The first-order valence-corrected chi connectivity index (χ1v) is 8.82. The summed E-state index contributed by atoms with van der Waals surface area (Å²) in [5.74, 6) is 0.899. The molecule has 1 fully saturated rings. The van der Waals surface area contributed by atoms with Crippen LogP contribution in [0.4, 0.5) is 0 Å². The molecule has 0 amide bonds. The number of aromatic nitrogens is 3. The molecular weight excluding hydrogens is 296 g/mol. The maximum absolute atomic E-state index is 4.71. The van der Waals surface area contributed by atoms with Gasteiger partial charge in [0.25, 0.3) is 0 Å². The lowest BCUT2D eigenvalue weighted by Gasteiger charge is -2.35. The predicted octanol–water partition coefficient (Wildman–Crippen LogP) is 3.54. The Labute approximate surface area is 142 Å². The highest BCUT2D eigenvalue weighted by Gasteiger charge is 2.40. The Morgan fingerprint density at radius 1 is 1.21 bits per heavy atom. The zero-order chi connectivity index (χ0) is 16.3. The monoisotopic (exact) mass is 318 g/mol. The van der Waals surface area contributed by atoms with E-state index in [-0.39, 0.29) is 0 Å². The number of aryl methyl sites for hydroxylation is 2. The summed E-state index contributed by atoms with van der Waals surface area (Å²) in [4.78, 5) is 11.9. The number of hydrogen-bond donors (Lipinski definition) is 0. The van der Waals surface area contributed by atoms with E-state index in [1.807, 2.05) is 6.92 Å². The van der Waals surface area contributed by atoms with Crippen LogP contribution in [-0.2, 0) is 20.0 Å². The highest BCUT2D eigenvalue weighted by atomic mass is 15.2. The summed E-state index contributed by atoms with van der Waals surface area (Å²) in [6, 6.07) is 9.82. The molecule has 122 valence electrons. The Morgan fingerprint density at radius 3 is 3.00 bits per heavy atom. The smallest absolute Gasteiger partial charge is 0.125 e. The molecule has 2 bridgehead atoms. The largest absolute Gasteiger partial charge is 0.350 e. The summed E-state index contributed by atoms with van der Waals surface area (Å²) >= 11 is 0. The van der Waals surface area contributed by atoms with Gasteiger partial charge in [-0.3, -0.25) is 4.90 Å². The van der Waals surface area contributed by atoms with Crippen LogP contribution < -0.4 is 0 Å². The quantitative estimate of drug-likeness (QED) is 0.725. The fraction of sp³-hybridized carbons (Fsp3) is 0.400. The first kappa shape index (κ1) is 14.2. The summed E-state index contributed by atoms with van der Waals surface area (Å²) in [5.41, 5.74) is 5.39. The van der Waals surface area contributed by atoms with Crippen molar-refractivity contribution in [3.63, 3.8) is 0 Å². The average molecular weight is 318 g/mol. The molecule has 3 aromatic rings. The predicted molar refractivity (Wildman–Crippen MR) is 94.7 cm³/mol. The molecule has 4 heterocycles. The molecule has 4 heteroatoms. The van der Waals surface area contributed by atoms with Crippen LogP contribution in [0.25, 0.3) is 10.9 Å². The van der Waals surface area contributed by atoms with E-state index < -0.39 is 0 Å². The first-order chi connectivity index (χ1) is 11.7. The van der Waals surface area contributed by atoms with E-state index in [9.17, 15) is 0 Å². The standard InChI is InChI=1S/C20H22N4/c1-13-21-10-17-18(22-13)9-15-7-8-20(17)24(15)12-14-11-23(2)19-6-4-3-5-16(14)19/h3-6,10-11,15,20H,7-9,12H2,1-2H3/t15-,20+/m1/s1. The normalized spacial score (nSPS) is 22.9. The molecular formula is C20H22N4. The summed E-state index contributed by atoms with van der Waals surface area (Å²) in [6.45, 7) is 3.01. The summed E-state index contributed by atoms with van der Waals surface area (Å²) < 4.78 is 2.25. The Bertz CT molecular complexity index is 927. The Kier molecular flexibility index (Phi) is 3.04.